The van der Waals surface area contributed by atoms with Crippen LogP contribution in [0.25, 0.3) is 54.3 Å². The van der Waals surface area contributed by atoms with Crippen LogP contribution in [-0.4, -0.2) is 12.6 Å². The molecule has 0 aliphatic heterocycles. The van der Waals surface area contributed by atoms with Gasteiger partial charge in [-0.15, -0.1) is 0 Å². The molecule has 220 valence electrons. The van der Waals surface area contributed by atoms with Gasteiger partial charge in [-0.3, -0.25) is 0 Å². The van der Waals surface area contributed by atoms with Crippen LogP contribution in [0.15, 0.2) is 174 Å². The van der Waals surface area contributed by atoms with Crippen LogP contribution in [0.1, 0.15) is 0 Å². The van der Waals surface area contributed by atoms with Crippen molar-refractivity contribution in [3.05, 3.63) is 181 Å². The van der Waals surface area contributed by atoms with E-state index in [0.717, 1.165) is 49.4 Å². The quantitative estimate of drug-likeness (QED) is 0.108. The Bertz CT molecular complexity index is 2530. The SMILES string of the molecule is [C-]#[N+]c1cccc2c3ccccc3n(-c3ccc4oc5c([Si](c6ccccc6)(c6ccccc6)c6ccccc6)cccc5c4c3)c12. The molecule has 0 saturated carbocycles. The fourth-order valence-corrected chi connectivity index (χ4v) is 12.5. The minimum Gasteiger partial charge on any atom is -0.456 e. The number of para-hydroxylation sites is 3. The minimum atomic E-state index is -2.81. The summed E-state index contributed by atoms with van der Waals surface area (Å²) in [5, 5.41) is 9.51. The zero-order valence-electron chi connectivity index (χ0n) is 25.5. The number of benzene rings is 7. The van der Waals surface area contributed by atoms with Gasteiger partial charge in [0, 0.05) is 21.8 Å². The van der Waals surface area contributed by atoms with Crippen molar-refractivity contribution < 1.29 is 4.42 Å². The molecule has 0 saturated heterocycles. The summed E-state index contributed by atoms with van der Waals surface area (Å²) in [7, 11) is -2.81. The van der Waals surface area contributed by atoms with Crippen LogP contribution in [0, 0.1) is 6.57 Å². The second-order valence-electron chi connectivity index (χ2n) is 12.0. The molecule has 7 aromatic carbocycles. The first-order valence-electron chi connectivity index (χ1n) is 15.8. The summed E-state index contributed by atoms with van der Waals surface area (Å²) in [6, 6.07) is 60.4. The lowest BCUT2D eigenvalue weighted by Crippen LogP contribution is -2.74. The molecule has 9 aromatic rings. The molecule has 0 bridgehead atoms. The molecule has 4 heteroatoms. The topological polar surface area (TPSA) is 22.4 Å². The molecule has 0 N–H and O–H groups in total. The Morgan fingerprint density at radius 1 is 0.511 bits per heavy atom. The van der Waals surface area contributed by atoms with Crippen molar-refractivity contribution in [2.24, 2.45) is 0 Å². The summed E-state index contributed by atoms with van der Waals surface area (Å²) in [5.74, 6) is 0. The first kappa shape index (κ1) is 27.2. The minimum absolute atomic E-state index is 0.641. The number of hydrogen-bond acceptors (Lipinski definition) is 1. The van der Waals surface area contributed by atoms with Gasteiger partial charge < -0.3 is 8.98 Å². The number of aromatic nitrogens is 1. The monoisotopic (exact) mass is 616 g/mol. The highest BCUT2D eigenvalue weighted by Crippen LogP contribution is 2.39. The maximum atomic E-state index is 7.97. The fraction of sp³-hybridized carbons (Fsp3) is 0. The summed E-state index contributed by atoms with van der Waals surface area (Å²) in [5.41, 5.74) is 5.43. The van der Waals surface area contributed by atoms with E-state index < -0.39 is 8.07 Å². The predicted molar refractivity (Wildman–Crippen MR) is 198 cm³/mol. The first-order valence-corrected chi connectivity index (χ1v) is 17.8. The second-order valence-corrected chi connectivity index (χ2v) is 15.7. The van der Waals surface area contributed by atoms with Crippen molar-refractivity contribution in [3.63, 3.8) is 0 Å². The summed E-state index contributed by atoms with van der Waals surface area (Å²) in [4.78, 5) is 3.92. The zero-order valence-corrected chi connectivity index (χ0v) is 26.5. The van der Waals surface area contributed by atoms with E-state index in [1.165, 1.54) is 20.7 Å². The standard InChI is InChI=1S/C43H28N2OSi/c1-44-38-24-13-22-35-34-21-11-12-25-39(34)45(42(35)38)30-27-28-40-37(29-30)36-23-14-26-41(43(36)46-40)47(31-15-5-2-6-16-31,32-17-7-3-8-18-32)33-19-9-4-10-20-33/h2-29H. The van der Waals surface area contributed by atoms with E-state index >= 15 is 0 Å². The number of fused-ring (bicyclic) bond motifs is 6. The van der Waals surface area contributed by atoms with Gasteiger partial charge in [-0.1, -0.05) is 146 Å². The molecule has 0 fully saturated rings. The molecule has 2 aromatic heterocycles. The zero-order chi connectivity index (χ0) is 31.4. The third-order valence-corrected chi connectivity index (χ3v) is 14.4. The fourth-order valence-electron chi connectivity index (χ4n) is 7.61. The van der Waals surface area contributed by atoms with Crippen LogP contribution in [0.2, 0.25) is 0 Å². The highest BCUT2D eigenvalue weighted by Gasteiger charge is 2.43. The summed E-state index contributed by atoms with van der Waals surface area (Å²) < 4.78 is 9.16. The van der Waals surface area contributed by atoms with Gasteiger partial charge in [0.25, 0.3) is 0 Å². The van der Waals surface area contributed by atoms with E-state index in [1.807, 2.05) is 12.1 Å². The Hall–Kier alpha value is -6.15. The molecule has 0 amide bonds. The first-order chi connectivity index (χ1) is 23.3. The van der Waals surface area contributed by atoms with Crippen LogP contribution in [-0.2, 0) is 0 Å². The van der Waals surface area contributed by atoms with E-state index in [-0.39, 0.29) is 0 Å². The largest absolute Gasteiger partial charge is 0.456 e. The van der Waals surface area contributed by atoms with E-state index in [4.69, 9.17) is 11.0 Å². The van der Waals surface area contributed by atoms with Crippen molar-refractivity contribution in [3.8, 4) is 5.69 Å². The van der Waals surface area contributed by atoms with Gasteiger partial charge in [0.1, 0.15) is 11.2 Å². The van der Waals surface area contributed by atoms with Crippen molar-refractivity contribution >= 4 is 78.3 Å². The normalized spacial score (nSPS) is 11.8. The molecular formula is C43H28N2OSi. The second kappa shape index (κ2) is 10.7. The summed E-state index contributed by atoms with van der Waals surface area (Å²) >= 11 is 0. The molecule has 0 radical (unpaired) electrons. The molecular weight excluding hydrogens is 589 g/mol. The van der Waals surface area contributed by atoms with Gasteiger partial charge in [0.2, 0.25) is 5.69 Å². The smallest absolute Gasteiger partial charge is 0.211 e. The van der Waals surface area contributed by atoms with Gasteiger partial charge in [0.05, 0.1) is 17.6 Å². The number of rotatable bonds is 5. The maximum absolute atomic E-state index is 7.97. The van der Waals surface area contributed by atoms with Crippen molar-refractivity contribution in [2.45, 2.75) is 0 Å². The molecule has 0 spiro atoms. The van der Waals surface area contributed by atoms with Crippen LogP contribution < -0.4 is 20.7 Å². The Morgan fingerprint density at radius 2 is 1.09 bits per heavy atom. The molecule has 47 heavy (non-hydrogen) atoms. The van der Waals surface area contributed by atoms with E-state index in [0.29, 0.717) is 5.69 Å². The average Bonchev–Trinajstić information content (AvgIpc) is 3.69. The van der Waals surface area contributed by atoms with Crippen LogP contribution >= 0.6 is 0 Å². The molecule has 9 rings (SSSR count). The van der Waals surface area contributed by atoms with E-state index in [1.54, 1.807) is 0 Å². The van der Waals surface area contributed by atoms with Gasteiger partial charge in [-0.05, 0) is 50.4 Å². The Balaban J connectivity index is 1.37. The molecule has 0 atom stereocenters. The van der Waals surface area contributed by atoms with Crippen LogP contribution in [0.4, 0.5) is 5.69 Å². The van der Waals surface area contributed by atoms with E-state index in [9.17, 15) is 0 Å². The lowest BCUT2D eigenvalue weighted by atomic mass is 10.1. The van der Waals surface area contributed by atoms with Crippen LogP contribution in [0.5, 0.6) is 0 Å². The highest BCUT2D eigenvalue weighted by atomic mass is 28.3. The Kier molecular flexibility index (Phi) is 6.21. The molecule has 3 nitrogen and oxygen atoms in total. The van der Waals surface area contributed by atoms with Gasteiger partial charge in [-0.25, -0.2) is 4.85 Å². The number of nitrogens with zero attached hydrogens (tertiary/aromatic N) is 2. The lowest BCUT2D eigenvalue weighted by molar-refractivity contribution is 0.671. The average molecular weight is 617 g/mol. The molecule has 0 aliphatic carbocycles. The molecule has 0 unspecified atom stereocenters. The highest BCUT2D eigenvalue weighted by molar-refractivity contribution is 7.20. The third-order valence-electron chi connectivity index (χ3n) is 9.56. The Labute approximate surface area is 273 Å². The van der Waals surface area contributed by atoms with Crippen molar-refractivity contribution in [1.29, 1.82) is 0 Å². The van der Waals surface area contributed by atoms with Crippen LogP contribution in [0.3, 0.4) is 0 Å². The summed E-state index contributed by atoms with van der Waals surface area (Å²) in [6.45, 7) is 7.97. The van der Waals surface area contributed by atoms with Crippen molar-refractivity contribution in [1.82, 2.24) is 4.57 Å². The lowest BCUT2D eigenvalue weighted by Gasteiger charge is -2.34. The van der Waals surface area contributed by atoms with E-state index in [2.05, 4.69) is 167 Å². The van der Waals surface area contributed by atoms with Gasteiger partial charge in [-0.2, -0.15) is 0 Å². The Morgan fingerprint density at radius 3 is 1.74 bits per heavy atom. The van der Waals surface area contributed by atoms with Gasteiger partial charge >= 0.3 is 0 Å². The number of furan rings is 1. The molecule has 0 aliphatic rings. The third kappa shape index (κ3) is 3.97. The van der Waals surface area contributed by atoms with Crippen molar-refractivity contribution in [2.75, 3.05) is 0 Å². The maximum Gasteiger partial charge on any atom is 0.211 e. The predicted octanol–water partition coefficient (Wildman–Crippen LogP) is 8.61. The van der Waals surface area contributed by atoms with Gasteiger partial charge in [0.15, 0.2) is 8.07 Å². The number of hydrogen-bond donors (Lipinski definition) is 0. The summed E-state index contributed by atoms with van der Waals surface area (Å²) in [6.07, 6.45) is 0. The molecule has 2 heterocycles.